The average Bonchev–Trinajstić information content (AvgIpc) is 3.28. The Balaban J connectivity index is 1.70. The Morgan fingerprint density at radius 2 is 1.58 bits per heavy atom. The van der Waals surface area contributed by atoms with E-state index in [9.17, 15) is 4.79 Å². The fourth-order valence-electron chi connectivity index (χ4n) is 6.32. The minimum absolute atomic E-state index is 0.0174. The van der Waals surface area contributed by atoms with Crippen LogP contribution in [-0.4, -0.2) is 36.9 Å². The molecule has 1 saturated heterocycles. The first-order valence-corrected chi connectivity index (χ1v) is 12.1. The van der Waals surface area contributed by atoms with Gasteiger partial charge in [0.1, 0.15) is 5.54 Å². The van der Waals surface area contributed by atoms with Crippen LogP contribution >= 0.6 is 0 Å². The van der Waals surface area contributed by atoms with Gasteiger partial charge in [-0.15, -0.1) is 0 Å². The highest BCUT2D eigenvalue weighted by molar-refractivity contribution is 5.93. The highest BCUT2D eigenvalue weighted by atomic mass is 16.1. The van der Waals surface area contributed by atoms with E-state index < -0.39 is 5.54 Å². The molecule has 164 valence electrons. The average molecular weight is 417 g/mol. The molecule has 0 saturated carbocycles. The minimum atomic E-state index is -0.626. The predicted octanol–water partition coefficient (Wildman–Crippen LogP) is 5.24. The lowest BCUT2D eigenvalue weighted by molar-refractivity contribution is -0.123. The number of aryl methyl sites for hydroxylation is 2. The van der Waals surface area contributed by atoms with E-state index in [-0.39, 0.29) is 11.2 Å². The SMILES string of the molecule is CC(=O)C1(CN2CCCC2)c2ccccc2C(C)(C)CN1c1ccc2c(c1)CCCC2. The molecule has 2 heterocycles. The van der Waals surface area contributed by atoms with Gasteiger partial charge in [-0.2, -0.15) is 0 Å². The lowest BCUT2D eigenvalue weighted by Gasteiger charge is -2.54. The molecule has 5 rings (SSSR count). The number of carbonyl (C=O) groups excluding carboxylic acids is 1. The smallest absolute Gasteiger partial charge is 0.161 e. The van der Waals surface area contributed by atoms with Gasteiger partial charge in [-0.3, -0.25) is 4.79 Å². The van der Waals surface area contributed by atoms with Crippen LogP contribution in [0.1, 0.15) is 68.7 Å². The summed E-state index contributed by atoms with van der Waals surface area (Å²) < 4.78 is 0. The summed E-state index contributed by atoms with van der Waals surface area (Å²) in [4.78, 5) is 18.7. The van der Waals surface area contributed by atoms with Crippen molar-refractivity contribution >= 4 is 11.5 Å². The van der Waals surface area contributed by atoms with Crippen LogP contribution < -0.4 is 4.90 Å². The Bertz CT molecular complexity index is 988. The summed E-state index contributed by atoms with van der Waals surface area (Å²) in [6.45, 7) is 10.3. The molecule has 0 aromatic heterocycles. The van der Waals surface area contributed by atoms with Crippen molar-refractivity contribution in [2.75, 3.05) is 31.1 Å². The third-order valence-electron chi connectivity index (χ3n) is 7.99. The number of carbonyl (C=O) groups is 1. The lowest BCUT2D eigenvalue weighted by Crippen LogP contribution is -2.63. The van der Waals surface area contributed by atoms with Crippen LogP contribution in [0.2, 0.25) is 0 Å². The number of rotatable bonds is 4. The first-order chi connectivity index (χ1) is 14.9. The molecule has 1 atom stereocenters. The minimum Gasteiger partial charge on any atom is -0.353 e. The number of fused-ring (bicyclic) bond motifs is 2. The molecule has 31 heavy (non-hydrogen) atoms. The van der Waals surface area contributed by atoms with E-state index in [0.717, 1.165) is 32.6 Å². The van der Waals surface area contributed by atoms with Crippen molar-refractivity contribution in [1.82, 2.24) is 4.90 Å². The molecule has 3 aliphatic rings. The third-order valence-corrected chi connectivity index (χ3v) is 7.99. The zero-order valence-electron chi connectivity index (χ0n) is 19.4. The van der Waals surface area contributed by atoms with Gasteiger partial charge in [-0.25, -0.2) is 0 Å². The van der Waals surface area contributed by atoms with Crippen molar-refractivity contribution in [3.8, 4) is 0 Å². The molecule has 0 N–H and O–H groups in total. The first-order valence-electron chi connectivity index (χ1n) is 12.1. The van der Waals surface area contributed by atoms with Crippen molar-refractivity contribution in [2.24, 2.45) is 0 Å². The molecular weight excluding hydrogens is 380 g/mol. The normalized spacial score (nSPS) is 25.2. The second-order valence-corrected chi connectivity index (χ2v) is 10.6. The van der Waals surface area contributed by atoms with Crippen LogP contribution in [0.3, 0.4) is 0 Å². The molecule has 1 unspecified atom stereocenters. The summed E-state index contributed by atoms with van der Waals surface area (Å²) in [5.74, 6) is 0.264. The van der Waals surface area contributed by atoms with E-state index in [4.69, 9.17) is 0 Å². The molecule has 0 bridgehead atoms. The monoisotopic (exact) mass is 416 g/mol. The number of benzene rings is 2. The van der Waals surface area contributed by atoms with E-state index in [0.29, 0.717) is 0 Å². The van der Waals surface area contributed by atoms with Crippen LogP contribution in [0.15, 0.2) is 42.5 Å². The molecule has 3 nitrogen and oxygen atoms in total. The molecule has 3 heteroatoms. The molecule has 0 radical (unpaired) electrons. The largest absolute Gasteiger partial charge is 0.353 e. The van der Waals surface area contributed by atoms with Crippen molar-refractivity contribution in [1.29, 1.82) is 0 Å². The van der Waals surface area contributed by atoms with Gasteiger partial charge in [-0.05, 0) is 92.9 Å². The fraction of sp³-hybridized carbons (Fsp3) is 0.536. The van der Waals surface area contributed by atoms with Gasteiger partial charge in [0.2, 0.25) is 0 Å². The highest BCUT2D eigenvalue weighted by Gasteiger charge is 2.52. The van der Waals surface area contributed by atoms with E-state index >= 15 is 0 Å². The van der Waals surface area contributed by atoms with Gasteiger partial charge < -0.3 is 9.80 Å². The second-order valence-electron chi connectivity index (χ2n) is 10.6. The van der Waals surface area contributed by atoms with E-state index in [1.165, 1.54) is 60.0 Å². The zero-order chi connectivity index (χ0) is 21.6. The number of nitrogens with zero attached hydrogens (tertiary/aromatic N) is 2. The predicted molar refractivity (Wildman–Crippen MR) is 128 cm³/mol. The van der Waals surface area contributed by atoms with Gasteiger partial charge in [0.05, 0.1) is 0 Å². The molecule has 2 aromatic carbocycles. The van der Waals surface area contributed by atoms with Gasteiger partial charge in [0.25, 0.3) is 0 Å². The van der Waals surface area contributed by atoms with Crippen LogP contribution in [0.25, 0.3) is 0 Å². The summed E-state index contributed by atoms with van der Waals surface area (Å²) in [6.07, 6.45) is 7.39. The van der Waals surface area contributed by atoms with Crippen molar-refractivity contribution < 1.29 is 4.79 Å². The first kappa shape index (κ1) is 20.8. The lowest BCUT2D eigenvalue weighted by atomic mass is 9.68. The molecule has 2 aromatic rings. The standard InChI is InChI=1S/C28H36N2O/c1-21(31)28(20-29-16-8-9-17-29)26-13-7-6-12-25(26)27(2,3)19-30(28)24-15-14-22-10-4-5-11-23(22)18-24/h6-7,12-15,18H,4-5,8-11,16-17,19-20H2,1-3H3. The highest BCUT2D eigenvalue weighted by Crippen LogP contribution is 2.47. The fourth-order valence-corrected chi connectivity index (χ4v) is 6.32. The van der Waals surface area contributed by atoms with E-state index in [1.54, 1.807) is 0 Å². The zero-order valence-corrected chi connectivity index (χ0v) is 19.4. The maximum absolute atomic E-state index is 13.7. The third kappa shape index (κ3) is 3.42. The van der Waals surface area contributed by atoms with Crippen LogP contribution in [-0.2, 0) is 28.6 Å². The summed E-state index contributed by atoms with van der Waals surface area (Å²) >= 11 is 0. The summed E-state index contributed by atoms with van der Waals surface area (Å²) in [5.41, 5.74) is 6.11. The van der Waals surface area contributed by atoms with Crippen molar-refractivity contribution in [3.63, 3.8) is 0 Å². The van der Waals surface area contributed by atoms with E-state index in [1.807, 2.05) is 6.92 Å². The van der Waals surface area contributed by atoms with Gasteiger partial charge in [-0.1, -0.05) is 44.2 Å². The number of likely N-dealkylation sites (tertiary alicyclic amines) is 1. The molecular formula is C28H36N2O. The molecule has 0 amide bonds. The molecule has 1 aliphatic carbocycles. The summed E-state index contributed by atoms with van der Waals surface area (Å²) in [7, 11) is 0. The van der Waals surface area contributed by atoms with Crippen LogP contribution in [0, 0.1) is 0 Å². The van der Waals surface area contributed by atoms with E-state index in [2.05, 4.69) is 66.1 Å². The molecule has 1 fully saturated rings. The Labute approximate surface area is 187 Å². The molecule has 2 aliphatic heterocycles. The van der Waals surface area contributed by atoms with Crippen molar-refractivity contribution in [3.05, 3.63) is 64.7 Å². The number of Topliss-reactive ketones (excluding diaryl/α,β-unsaturated/α-hetero) is 1. The Kier molecular flexibility index (Phi) is 5.21. The number of hydrogen-bond donors (Lipinski definition) is 0. The Morgan fingerprint density at radius 3 is 2.29 bits per heavy atom. The maximum Gasteiger partial charge on any atom is 0.161 e. The summed E-state index contributed by atoms with van der Waals surface area (Å²) in [6, 6.07) is 15.7. The Hall–Kier alpha value is -2.13. The maximum atomic E-state index is 13.7. The quantitative estimate of drug-likeness (QED) is 0.681. The number of ketones is 1. The van der Waals surface area contributed by atoms with Gasteiger partial charge in [0.15, 0.2) is 5.78 Å². The second kappa shape index (κ2) is 7.78. The number of hydrogen-bond acceptors (Lipinski definition) is 3. The summed E-state index contributed by atoms with van der Waals surface area (Å²) in [5, 5.41) is 0. The topological polar surface area (TPSA) is 23.6 Å². The number of anilines is 1. The van der Waals surface area contributed by atoms with Gasteiger partial charge >= 0.3 is 0 Å². The van der Waals surface area contributed by atoms with Crippen molar-refractivity contribution in [2.45, 2.75) is 70.3 Å². The van der Waals surface area contributed by atoms with Crippen LogP contribution in [0.4, 0.5) is 5.69 Å². The molecule has 0 spiro atoms. The van der Waals surface area contributed by atoms with Crippen LogP contribution in [0.5, 0.6) is 0 Å². The Morgan fingerprint density at radius 1 is 0.903 bits per heavy atom. The van der Waals surface area contributed by atoms with Gasteiger partial charge in [0, 0.05) is 24.2 Å².